The molecule has 0 aromatic carbocycles. The third kappa shape index (κ3) is 3.34. The molecule has 5 nitrogen and oxygen atoms in total. The molecule has 0 aromatic heterocycles. The summed E-state index contributed by atoms with van der Waals surface area (Å²) in [7, 11) is 0. The molecule has 0 aliphatic heterocycles. The summed E-state index contributed by atoms with van der Waals surface area (Å²) in [4.78, 5) is 22.6. The van der Waals surface area contributed by atoms with E-state index in [0.29, 0.717) is 17.8 Å². The Morgan fingerprint density at radius 2 is 1.79 bits per heavy atom. The number of allylic oxidation sites excluding steroid dienone is 1. The van der Waals surface area contributed by atoms with Gasteiger partial charge in [0.1, 0.15) is 6.10 Å². The van der Waals surface area contributed by atoms with Gasteiger partial charge in [0, 0.05) is 6.42 Å². The van der Waals surface area contributed by atoms with E-state index in [-0.39, 0.29) is 29.8 Å². The topological polar surface area (TPSA) is 83.8 Å². The quantitative estimate of drug-likeness (QED) is 0.533. The van der Waals surface area contributed by atoms with Crippen LogP contribution in [-0.2, 0) is 14.3 Å². The van der Waals surface area contributed by atoms with Crippen LogP contribution in [0.5, 0.6) is 0 Å². The number of esters is 1. The minimum atomic E-state index is -0.964. The van der Waals surface area contributed by atoms with Crippen molar-refractivity contribution in [3.05, 3.63) is 11.6 Å². The largest absolute Gasteiger partial charge is 0.481 e. The van der Waals surface area contributed by atoms with E-state index < -0.39 is 17.5 Å². The van der Waals surface area contributed by atoms with Gasteiger partial charge in [-0.1, -0.05) is 25.5 Å². The summed E-state index contributed by atoms with van der Waals surface area (Å²) in [6.07, 6.45) is 10.1. The molecule has 3 fully saturated rings. The average Bonchev–Trinajstić information content (AvgIpc) is 2.90. The SMILES string of the molecule is C[C@]12CC[C@H](OC(=O)CCC(=O)O)CC1=CC[C@@H]1[C@@H]2CC[C@@]2(C)[C@H]1CC[C@]2(C)O. The zero-order valence-corrected chi connectivity index (χ0v) is 18.1. The number of carbonyl (C=O) groups is 2. The molecule has 0 amide bonds. The fourth-order valence-electron chi connectivity index (χ4n) is 7.43. The van der Waals surface area contributed by atoms with Gasteiger partial charge in [0.25, 0.3) is 0 Å². The average molecular weight is 405 g/mol. The minimum Gasteiger partial charge on any atom is -0.481 e. The van der Waals surface area contributed by atoms with Gasteiger partial charge in [-0.2, -0.15) is 0 Å². The van der Waals surface area contributed by atoms with Crippen LogP contribution in [0.3, 0.4) is 0 Å². The molecule has 0 aromatic rings. The van der Waals surface area contributed by atoms with Gasteiger partial charge in [0.05, 0.1) is 18.4 Å². The lowest BCUT2D eigenvalue weighted by atomic mass is 9.47. The van der Waals surface area contributed by atoms with Crippen LogP contribution in [0.1, 0.15) is 85.0 Å². The van der Waals surface area contributed by atoms with Crippen LogP contribution in [0.15, 0.2) is 11.6 Å². The first-order chi connectivity index (χ1) is 13.6. The lowest BCUT2D eigenvalue weighted by molar-refractivity contribution is -0.154. The standard InChI is InChI=1S/C24H36O5/c1-22-11-8-16(29-21(27)7-6-20(25)26)14-15(22)4-5-17-18(22)9-12-23(2)19(17)10-13-24(23,3)28/h4,16-19,28H,5-14H2,1-3H3,(H,25,26)/t16-,17+,18-,19-,22-,23-,24-/m0/s1. The fraction of sp³-hybridized carbons (Fsp3) is 0.833. The zero-order valence-electron chi connectivity index (χ0n) is 18.1. The Kier molecular flexibility index (Phi) is 5.12. The summed E-state index contributed by atoms with van der Waals surface area (Å²) in [6, 6.07) is 0. The van der Waals surface area contributed by atoms with Gasteiger partial charge >= 0.3 is 11.9 Å². The molecule has 0 heterocycles. The molecule has 29 heavy (non-hydrogen) atoms. The van der Waals surface area contributed by atoms with Crippen LogP contribution >= 0.6 is 0 Å². The van der Waals surface area contributed by atoms with E-state index in [0.717, 1.165) is 44.9 Å². The van der Waals surface area contributed by atoms with Gasteiger partial charge in [-0.15, -0.1) is 0 Å². The summed E-state index contributed by atoms with van der Waals surface area (Å²) in [5, 5.41) is 19.8. The van der Waals surface area contributed by atoms with Crippen LogP contribution in [0.25, 0.3) is 0 Å². The lowest BCUT2D eigenvalue weighted by Crippen LogP contribution is -2.53. The molecule has 5 heteroatoms. The molecular formula is C24H36O5. The molecule has 0 spiro atoms. The van der Waals surface area contributed by atoms with Gasteiger partial charge in [-0.3, -0.25) is 9.59 Å². The highest BCUT2D eigenvalue weighted by atomic mass is 16.5. The second-order valence-electron chi connectivity index (χ2n) is 10.8. The molecule has 7 atom stereocenters. The first-order valence-corrected chi connectivity index (χ1v) is 11.4. The van der Waals surface area contributed by atoms with E-state index in [4.69, 9.17) is 9.84 Å². The van der Waals surface area contributed by atoms with E-state index in [2.05, 4.69) is 19.9 Å². The summed E-state index contributed by atoms with van der Waals surface area (Å²) < 4.78 is 5.61. The predicted molar refractivity (Wildman–Crippen MR) is 109 cm³/mol. The van der Waals surface area contributed by atoms with Crippen LogP contribution in [0, 0.1) is 28.6 Å². The van der Waals surface area contributed by atoms with Gasteiger partial charge in [0.2, 0.25) is 0 Å². The molecule has 0 saturated heterocycles. The number of carboxylic acids is 1. The van der Waals surface area contributed by atoms with Crippen molar-refractivity contribution in [2.75, 3.05) is 0 Å². The zero-order chi connectivity index (χ0) is 21.0. The summed E-state index contributed by atoms with van der Waals surface area (Å²) in [5.74, 6) is 0.535. The maximum absolute atomic E-state index is 12.0. The lowest BCUT2D eigenvalue weighted by Gasteiger charge is -2.58. The van der Waals surface area contributed by atoms with Gasteiger partial charge in [0.15, 0.2) is 0 Å². The predicted octanol–water partition coefficient (Wildman–Crippen LogP) is 4.48. The minimum absolute atomic E-state index is 0.0345. The number of ether oxygens (including phenoxy) is 1. The number of hydrogen-bond acceptors (Lipinski definition) is 4. The Balaban J connectivity index is 1.47. The molecular weight excluding hydrogens is 368 g/mol. The number of aliphatic hydroxyl groups is 1. The summed E-state index contributed by atoms with van der Waals surface area (Å²) in [6.45, 7) is 6.77. The fourth-order valence-corrected chi connectivity index (χ4v) is 7.43. The molecule has 0 bridgehead atoms. The molecule has 3 saturated carbocycles. The Hall–Kier alpha value is -1.36. The third-order valence-corrected chi connectivity index (χ3v) is 9.46. The second kappa shape index (κ2) is 7.11. The van der Waals surface area contributed by atoms with Crippen molar-refractivity contribution < 1.29 is 24.5 Å². The maximum atomic E-state index is 12.0. The molecule has 2 N–H and O–H groups in total. The second-order valence-corrected chi connectivity index (χ2v) is 10.8. The van der Waals surface area contributed by atoms with Crippen molar-refractivity contribution in [1.82, 2.24) is 0 Å². The van der Waals surface area contributed by atoms with Crippen molar-refractivity contribution in [2.24, 2.45) is 28.6 Å². The van der Waals surface area contributed by atoms with Crippen molar-refractivity contribution in [1.29, 1.82) is 0 Å². The number of hydrogen-bond donors (Lipinski definition) is 2. The Morgan fingerprint density at radius 3 is 2.52 bits per heavy atom. The number of rotatable bonds is 4. The first-order valence-electron chi connectivity index (χ1n) is 11.4. The van der Waals surface area contributed by atoms with E-state index in [9.17, 15) is 14.7 Å². The highest BCUT2D eigenvalue weighted by molar-refractivity contribution is 5.76. The molecule has 4 rings (SSSR count). The smallest absolute Gasteiger partial charge is 0.306 e. The van der Waals surface area contributed by atoms with Crippen LogP contribution in [0.4, 0.5) is 0 Å². The monoisotopic (exact) mass is 404 g/mol. The van der Waals surface area contributed by atoms with Gasteiger partial charge in [-0.25, -0.2) is 0 Å². The van der Waals surface area contributed by atoms with E-state index >= 15 is 0 Å². The highest BCUT2D eigenvalue weighted by Crippen LogP contribution is 2.67. The number of fused-ring (bicyclic) bond motifs is 5. The van der Waals surface area contributed by atoms with Crippen molar-refractivity contribution in [3.63, 3.8) is 0 Å². The molecule has 4 aliphatic rings. The highest BCUT2D eigenvalue weighted by Gasteiger charge is 2.62. The van der Waals surface area contributed by atoms with Crippen LogP contribution in [-0.4, -0.2) is 33.9 Å². The van der Waals surface area contributed by atoms with E-state index in [1.165, 1.54) is 12.0 Å². The van der Waals surface area contributed by atoms with Crippen LogP contribution < -0.4 is 0 Å². The van der Waals surface area contributed by atoms with Crippen LogP contribution in [0.2, 0.25) is 0 Å². The molecule has 0 radical (unpaired) electrons. The molecule has 162 valence electrons. The summed E-state index contributed by atoms with van der Waals surface area (Å²) >= 11 is 0. The van der Waals surface area contributed by atoms with Crippen molar-refractivity contribution in [3.8, 4) is 0 Å². The molecule has 0 unspecified atom stereocenters. The number of carbonyl (C=O) groups excluding carboxylic acids is 1. The maximum Gasteiger partial charge on any atom is 0.306 e. The van der Waals surface area contributed by atoms with E-state index in [1.807, 2.05) is 6.92 Å². The number of carboxylic acid groups (broad SMARTS) is 1. The normalized spacial score (nSPS) is 46.1. The third-order valence-electron chi connectivity index (χ3n) is 9.46. The Labute approximate surface area is 173 Å². The van der Waals surface area contributed by atoms with Gasteiger partial charge < -0.3 is 14.9 Å². The summed E-state index contributed by atoms with van der Waals surface area (Å²) in [5.41, 5.74) is 1.10. The molecule has 4 aliphatic carbocycles. The Morgan fingerprint density at radius 1 is 1.07 bits per heavy atom. The first kappa shape index (κ1) is 20.9. The van der Waals surface area contributed by atoms with Gasteiger partial charge in [-0.05, 0) is 80.5 Å². The Bertz CT molecular complexity index is 725. The number of aliphatic carboxylic acids is 1. The van der Waals surface area contributed by atoms with E-state index in [1.54, 1.807) is 0 Å². The van der Waals surface area contributed by atoms with Crippen molar-refractivity contribution >= 4 is 11.9 Å². The van der Waals surface area contributed by atoms with Crippen molar-refractivity contribution in [2.45, 2.75) is 96.7 Å².